The molecule has 0 amide bonds. The van der Waals surface area contributed by atoms with Crippen molar-refractivity contribution in [2.75, 3.05) is 36.0 Å². The highest BCUT2D eigenvalue weighted by atomic mass is 32.1. The van der Waals surface area contributed by atoms with Gasteiger partial charge in [0, 0.05) is 61.4 Å². The van der Waals surface area contributed by atoms with Gasteiger partial charge in [-0.05, 0) is 24.6 Å². The van der Waals surface area contributed by atoms with Crippen LogP contribution < -0.4 is 9.80 Å². The molecule has 0 bridgehead atoms. The zero-order chi connectivity index (χ0) is 16.5. The Morgan fingerprint density at radius 2 is 1.88 bits per heavy atom. The molecule has 24 heavy (non-hydrogen) atoms. The lowest BCUT2D eigenvalue weighted by Gasteiger charge is -2.36. The number of aromatic nitrogens is 3. The molecule has 0 N–H and O–H groups in total. The van der Waals surface area contributed by atoms with Crippen LogP contribution in [0.2, 0.25) is 0 Å². The third kappa shape index (κ3) is 2.82. The lowest BCUT2D eigenvalue weighted by molar-refractivity contribution is 0.652. The minimum absolute atomic E-state index is 0.902. The van der Waals surface area contributed by atoms with Crippen LogP contribution in [-0.4, -0.2) is 40.5 Å². The molecular weight excluding hydrogens is 318 g/mol. The van der Waals surface area contributed by atoms with Crippen molar-refractivity contribution in [2.24, 2.45) is 0 Å². The molecule has 0 aliphatic carbocycles. The van der Waals surface area contributed by atoms with E-state index in [2.05, 4.69) is 62.3 Å². The van der Waals surface area contributed by atoms with Gasteiger partial charge in [0.2, 0.25) is 5.13 Å². The van der Waals surface area contributed by atoms with Crippen molar-refractivity contribution < 1.29 is 0 Å². The Morgan fingerprint density at radius 3 is 2.62 bits per heavy atom. The molecule has 6 heteroatoms. The summed E-state index contributed by atoms with van der Waals surface area (Å²) >= 11 is 1.52. The van der Waals surface area contributed by atoms with Gasteiger partial charge in [-0.2, -0.15) is 4.37 Å². The van der Waals surface area contributed by atoms with E-state index < -0.39 is 0 Å². The second-order valence-electron chi connectivity index (χ2n) is 6.17. The Labute approximate surface area is 146 Å². The zero-order valence-corrected chi connectivity index (χ0v) is 14.9. The van der Waals surface area contributed by atoms with Crippen molar-refractivity contribution in [1.29, 1.82) is 0 Å². The number of anilines is 2. The fraction of sp³-hybridized carbons (Fsp3) is 0.389. The largest absolute Gasteiger partial charge is 0.367 e. The van der Waals surface area contributed by atoms with Crippen LogP contribution in [0, 0.1) is 6.92 Å². The van der Waals surface area contributed by atoms with Gasteiger partial charge in [0.1, 0.15) is 5.82 Å². The predicted molar refractivity (Wildman–Crippen MR) is 100 cm³/mol. The van der Waals surface area contributed by atoms with Gasteiger partial charge in [-0.1, -0.05) is 19.1 Å². The van der Waals surface area contributed by atoms with E-state index in [1.54, 1.807) is 0 Å². The van der Waals surface area contributed by atoms with Gasteiger partial charge in [0.05, 0.1) is 5.52 Å². The lowest BCUT2D eigenvalue weighted by atomic mass is 10.1. The molecule has 1 aliphatic heterocycles. The van der Waals surface area contributed by atoms with Crippen molar-refractivity contribution in [1.82, 2.24) is 14.3 Å². The number of pyridine rings is 1. The fourth-order valence-corrected chi connectivity index (χ4v) is 3.98. The van der Waals surface area contributed by atoms with Crippen molar-refractivity contribution in [3.63, 3.8) is 0 Å². The first-order valence-electron chi connectivity index (χ1n) is 8.42. The summed E-state index contributed by atoms with van der Waals surface area (Å²) < 4.78 is 4.40. The number of benzene rings is 1. The highest BCUT2D eigenvalue weighted by molar-refractivity contribution is 7.09. The van der Waals surface area contributed by atoms with Gasteiger partial charge in [-0.15, -0.1) is 0 Å². The van der Waals surface area contributed by atoms with Gasteiger partial charge < -0.3 is 9.80 Å². The summed E-state index contributed by atoms with van der Waals surface area (Å²) in [5, 5.41) is 2.29. The van der Waals surface area contributed by atoms with Crippen LogP contribution in [0.3, 0.4) is 0 Å². The second kappa shape index (κ2) is 6.36. The van der Waals surface area contributed by atoms with Crippen LogP contribution in [0.15, 0.2) is 30.5 Å². The van der Waals surface area contributed by atoms with Crippen LogP contribution >= 0.6 is 11.5 Å². The number of fused-ring (bicyclic) bond motifs is 1. The Hall–Kier alpha value is -2.21. The molecule has 4 rings (SSSR count). The van der Waals surface area contributed by atoms with E-state index in [1.165, 1.54) is 28.2 Å². The van der Waals surface area contributed by atoms with Crippen LogP contribution in [-0.2, 0) is 6.42 Å². The van der Waals surface area contributed by atoms with E-state index in [1.807, 2.05) is 6.20 Å². The van der Waals surface area contributed by atoms with Crippen LogP contribution in [0.5, 0.6) is 0 Å². The summed E-state index contributed by atoms with van der Waals surface area (Å²) in [6.07, 6.45) is 2.82. The average Bonchev–Trinajstić information content (AvgIpc) is 3.10. The molecule has 0 unspecified atom stereocenters. The highest BCUT2D eigenvalue weighted by Gasteiger charge is 2.21. The van der Waals surface area contributed by atoms with Crippen molar-refractivity contribution in [3.8, 4) is 0 Å². The monoisotopic (exact) mass is 339 g/mol. The molecule has 2 aromatic heterocycles. The summed E-state index contributed by atoms with van der Waals surface area (Å²) in [7, 11) is 0. The number of piperazine rings is 1. The van der Waals surface area contributed by atoms with Crippen LogP contribution in [0.4, 0.5) is 10.8 Å². The molecular formula is C18H21N5S. The fourth-order valence-electron chi connectivity index (χ4n) is 3.17. The second-order valence-corrected chi connectivity index (χ2v) is 6.90. The first kappa shape index (κ1) is 15.3. The summed E-state index contributed by atoms with van der Waals surface area (Å²) in [5.41, 5.74) is 3.61. The number of rotatable bonds is 3. The van der Waals surface area contributed by atoms with Crippen molar-refractivity contribution >= 4 is 33.3 Å². The molecule has 1 saturated heterocycles. The first-order valence-corrected chi connectivity index (χ1v) is 9.20. The van der Waals surface area contributed by atoms with E-state index in [-0.39, 0.29) is 0 Å². The lowest BCUT2D eigenvalue weighted by Crippen LogP contribution is -2.46. The van der Waals surface area contributed by atoms with E-state index in [0.29, 0.717) is 0 Å². The Morgan fingerprint density at radius 1 is 1.08 bits per heavy atom. The standard InChI is InChI=1S/C18H21N5S/c1-3-17-20-18(24-21-17)23-10-8-22(9-11-23)16-6-7-19-15-12-13(2)4-5-14(15)16/h4-7,12H,3,8-11H2,1-2H3. The first-order chi connectivity index (χ1) is 11.7. The van der Waals surface area contributed by atoms with Gasteiger partial charge >= 0.3 is 0 Å². The third-order valence-corrected chi connectivity index (χ3v) is 5.35. The topological polar surface area (TPSA) is 45.2 Å². The van der Waals surface area contributed by atoms with Crippen molar-refractivity contribution in [2.45, 2.75) is 20.3 Å². The third-order valence-electron chi connectivity index (χ3n) is 4.54. The van der Waals surface area contributed by atoms with Gasteiger partial charge in [-0.3, -0.25) is 4.98 Å². The average molecular weight is 339 g/mol. The molecule has 5 nitrogen and oxygen atoms in total. The maximum absolute atomic E-state index is 4.61. The molecule has 124 valence electrons. The van der Waals surface area contributed by atoms with E-state index in [0.717, 1.165) is 49.1 Å². The van der Waals surface area contributed by atoms with Gasteiger partial charge in [-0.25, -0.2) is 4.98 Å². The highest BCUT2D eigenvalue weighted by Crippen LogP contribution is 2.28. The molecule has 1 aliphatic rings. The smallest absolute Gasteiger partial charge is 0.205 e. The maximum atomic E-state index is 4.61. The Bertz CT molecular complexity index is 851. The zero-order valence-electron chi connectivity index (χ0n) is 14.1. The van der Waals surface area contributed by atoms with E-state index in [4.69, 9.17) is 0 Å². The predicted octanol–water partition coefficient (Wildman–Crippen LogP) is 3.28. The maximum Gasteiger partial charge on any atom is 0.205 e. The molecule has 0 radical (unpaired) electrons. The summed E-state index contributed by atoms with van der Waals surface area (Å²) in [6, 6.07) is 8.64. The summed E-state index contributed by atoms with van der Waals surface area (Å²) in [5.74, 6) is 0.952. The van der Waals surface area contributed by atoms with Gasteiger partial charge in [0.15, 0.2) is 0 Å². The van der Waals surface area contributed by atoms with E-state index >= 15 is 0 Å². The summed E-state index contributed by atoms with van der Waals surface area (Å²) in [6.45, 7) is 8.16. The van der Waals surface area contributed by atoms with Gasteiger partial charge in [0.25, 0.3) is 0 Å². The number of aryl methyl sites for hydroxylation is 2. The SMILES string of the molecule is CCc1nsc(N2CCN(c3ccnc4cc(C)ccc34)CC2)n1. The Balaban J connectivity index is 1.53. The minimum atomic E-state index is 0.902. The van der Waals surface area contributed by atoms with Crippen LogP contribution in [0.25, 0.3) is 10.9 Å². The molecule has 0 spiro atoms. The number of hydrogen-bond acceptors (Lipinski definition) is 6. The van der Waals surface area contributed by atoms with E-state index in [9.17, 15) is 0 Å². The van der Waals surface area contributed by atoms with Crippen molar-refractivity contribution in [3.05, 3.63) is 41.9 Å². The molecule has 0 atom stereocenters. The molecule has 1 aromatic carbocycles. The summed E-state index contributed by atoms with van der Waals surface area (Å²) in [4.78, 5) is 13.9. The minimum Gasteiger partial charge on any atom is -0.367 e. The Kier molecular flexibility index (Phi) is 4.06. The molecule has 0 saturated carbocycles. The quantitative estimate of drug-likeness (QED) is 0.733. The van der Waals surface area contributed by atoms with Crippen LogP contribution in [0.1, 0.15) is 18.3 Å². The number of nitrogens with zero attached hydrogens (tertiary/aromatic N) is 5. The molecule has 3 aromatic rings. The normalized spacial score (nSPS) is 15.2. The number of hydrogen-bond donors (Lipinski definition) is 0. The molecule has 3 heterocycles. The molecule has 1 fully saturated rings.